The number of piperidine rings is 1. The molecule has 2 N–H and O–H groups in total. The molecule has 1 aliphatic rings. The molecule has 94 valence electrons. The number of nitrogens with one attached hydrogen (secondary N) is 2. The average Bonchev–Trinajstić information content (AvgIpc) is 2.32. The van der Waals surface area contributed by atoms with Crippen molar-refractivity contribution in [3.05, 3.63) is 22.1 Å². The van der Waals surface area contributed by atoms with Gasteiger partial charge in [-0.2, -0.15) is 31.4 Å². The summed E-state index contributed by atoms with van der Waals surface area (Å²) in [6.07, 6.45) is 3.34. The summed E-state index contributed by atoms with van der Waals surface area (Å²) in [7, 11) is 0. The number of nitriles is 1. The van der Waals surface area contributed by atoms with Gasteiger partial charge in [0.1, 0.15) is 0 Å². The van der Waals surface area contributed by atoms with Crippen molar-refractivity contribution in [2.24, 2.45) is 0 Å². The van der Waals surface area contributed by atoms with E-state index in [2.05, 4.69) is 16.7 Å². The first-order valence-electron chi connectivity index (χ1n) is 5.33. The fourth-order valence-electron chi connectivity index (χ4n) is 1.16. The van der Waals surface area contributed by atoms with E-state index in [4.69, 9.17) is 16.7 Å². The van der Waals surface area contributed by atoms with Gasteiger partial charge in [0.2, 0.25) is 0 Å². The standard InChI is InChI=1S/C6H9N2.C4H10N3.Pt/c7-5-6-3-1-2-4-8-6;5-1-3-7-4-2-6;/h6H,1-4H2;5-6H,1-4H2;/q-1;-3;+4. The smallest absolute Gasteiger partial charge is 0.679 e. The molecule has 1 fully saturated rings. The van der Waals surface area contributed by atoms with Gasteiger partial charge < -0.3 is 22.1 Å². The fraction of sp³-hybridized carbons (Fsp3) is 0.900. The molecule has 0 radical (unpaired) electrons. The van der Waals surface area contributed by atoms with Crippen molar-refractivity contribution >= 4 is 0 Å². The SMILES string of the molecule is N#CC1CCCC[N-]1.[NH-]CC[N-]CC[NH-].[Pt+4]. The van der Waals surface area contributed by atoms with Crippen LogP contribution in [0.1, 0.15) is 19.3 Å². The molecule has 5 nitrogen and oxygen atoms in total. The summed E-state index contributed by atoms with van der Waals surface area (Å²) in [6.45, 7) is 2.82. The molecule has 0 amide bonds. The van der Waals surface area contributed by atoms with Crippen LogP contribution < -0.4 is 0 Å². The molecule has 1 unspecified atom stereocenters. The minimum Gasteiger partial charge on any atom is -0.679 e. The molecule has 1 heterocycles. The van der Waals surface area contributed by atoms with Gasteiger partial charge in [0.25, 0.3) is 0 Å². The Morgan fingerprint density at radius 1 is 1.25 bits per heavy atom. The van der Waals surface area contributed by atoms with Gasteiger partial charge in [0.05, 0.1) is 0 Å². The van der Waals surface area contributed by atoms with Crippen LogP contribution in [0.25, 0.3) is 22.1 Å². The van der Waals surface area contributed by atoms with Crippen molar-refractivity contribution in [1.82, 2.24) is 0 Å². The predicted octanol–water partition coefficient (Wildman–Crippen LogP) is 2.90. The summed E-state index contributed by atoms with van der Waals surface area (Å²) >= 11 is 0. The maximum atomic E-state index is 8.35. The third kappa shape index (κ3) is 12.1. The molecule has 0 spiro atoms. The minimum absolute atomic E-state index is 0. The summed E-state index contributed by atoms with van der Waals surface area (Å²) < 4.78 is 0. The Morgan fingerprint density at radius 3 is 2.19 bits per heavy atom. The van der Waals surface area contributed by atoms with Gasteiger partial charge >= 0.3 is 21.1 Å². The Labute approximate surface area is 113 Å². The molecule has 0 aromatic rings. The molecular formula is C10H19N5Pt. The van der Waals surface area contributed by atoms with Gasteiger partial charge in [-0.15, -0.1) is 6.54 Å². The quantitative estimate of drug-likeness (QED) is 0.661. The van der Waals surface area contributed by atoms with Crippen LogP contribution in [-0.2, 0) is 21.1 Å². The normalized spacial score (nSPS) is 18.7. The molecule has 0 bridgehead atoms. The Morgan fingerprint density at radius 2 is 1.88 bits per heavy atom. The van der Waals surface area contributed by atoms with E-state index < -0.39 is 0 Å². The number of hydrogen-bond donors (Lipinski definition) is 0. The number of rotatable bonds is 4. The van der Waals surface area contributed by atoms with Crippen molar-refractivity contribution in [3.63, 3.8) is 0 Å². The zero-order chi connectivity index (χ0) is 11.4. The fourth-order valence-corrected chi connectivity index (χ4v) is 1.16. The van der Waals surface area contributed by atoms with Crippen molar-refractivity contribution in [3.8, 4) is 6.07 Å². The van der Waals surface area contributed by atoms with E-state index in [-0.39, 0.29) is 27.1 Å². The van der Waals surface area contributed by atoms with E-state index in [1.165, 1.54) is 12.8 Å². The third-order valence-electron chi connectivity index (χ3n) is 1.92. The molecule has 0 aromatic heterocycles. The summed E-state index contributed by atoms with van der Waals surface area (Å²) in [5, 5.41) is 16.3. The molecule has 1 aliphatic heterocycles. The van der Waals surface area contributed by atoms with Crippen LogP contribution in [0.3, 0.4) is 0 Å². The second-order valence-corrected chi connectivity index (χ2v) is 3.22. The summed E-state index contributed by atoms with van der Waals surface area (Å²) in [6, 6.07) is 2.15. The van der Waals surface area contributed by atoms with Crippen LogP contribution in [0.5, 0.6) is 0 Å². The third-order valence-corrected chi connectivity index (χ3v) is 1.92. The average molecular weight is 404 g/mol. The molecule has 1 saturated heterocycles. The molecule has 1 atom stereocenters. The number of hydrogen-bond acceptors (Lipinski definition) is 1. The maximum absolute atomic E-state index is 8.35. The first kappa shape index (κ1) is 18.4. The van der Waals surface area contributed by atoms with Crippen molar-refractivity contribution in [1.29, 1.82) is 5.26 Å². The Kier molecular flexibility index (Phi) is 17.3. The first-order valence-corrected chi connectivity index (χ1v) is 5.33. The Bertz CT molecular complexity index is 161. The van der Waals surface area contributed by atoms with Gasteiger partial charge in [-0.1, -0.05) is 19.3 Å². The van der Waals surface area contributed by atoms with E-state index in [1.807, 2.05) is 0 Å². The topological polar surface area (TPSA) is 99.6 Å². The Balaban J connectivity index is 0. The van der Waals surface area contributed by atoms with E-state index in [0.717, 1.165) is 13.0 Å². The summed E-state index contributed by atoms with van der Waals surface area (Å²) in [5.41, 5.74) is 13.3. The summed E-state index contributed by atoms with van der Waals surface area (Å²) in [4.78, 5) is 0. The van der Waals surface area contributed by atoms with Gasteiger partial charge in [-0.25, -0.2) is 0 Å². The van der Waals surface area contributed by atoms with Crippen molar-refractivity contribution < 1.29 is 21.1 Å². The molecular weight excluding hydrogens is 385 g/mol. The summed E-state index contributed by atoms with van der Waals surface area (Å²) in [5.74, 6) is 0. The van der Waals surface area contributed by atoms with Crippen LogP contribution in [0.15, 0.2) is 0 Å². The van der Waals surface area contributed by atoms with Crippen LogP contribution in [-0.4, -0.2) is 38.8 Å². The molecule has 16 heavy (non-hydrogen) atoms. The second-order valence-electron chi connectivity index (χ2n) is 3.22. The molecule has 1 rings (SSSR count). The zero-order valence-corrected chi connectivity index (χ0v) is 11.7. The van der Waals surface area contributed by atoms with Crippen LogP contribution in [0.4, 0.5) is 0 Å². The molecule has 0 saturated carbocycles. The van der Waals surface area contributed by atoms with Crippen LogP contribution in [0, 0.1) is 11.3 Å². The molecule has 0 aliphatic carbocycles. The van der Waals surface area contributed by atoms with E-state index in [1.54, 1.807) is 0 Å². The predicted molar refractivity (Wildman–Crippen MR) is 62.9 cm³/mol. The molecule has 6 heteroatoms. The second kappa shape index (κ2) is 15.0. The monoisotopic (exact) mass is 404 g/mol. The van der Waals surface area contributed by atoms with Crippen LogP contribution >= 0.6 is 0 Å². The first-order chi connectivity index (χ1) is 7.35. The van der Waals surface area contributed by atoms with Gasteiger partial charge in [-0.3, -0.25) is 0 Å². The van der Waals surface area contributed by atoms with Crippen molar-refractivity contribution in [2.75, 3.05) is 32.7 Å². The van der Waals surface area contributed by atoms with Gasteiger partial charge in [0, 0.05) is 6.07 Å². The van der Waals surface area contributed by atoms with Crippen molar-refractivity contribution in [2.45, 2.75) is 25.3 Å². The van der Waals surface area contributed by atoms with E-state index >= 15 is 0 Å². The molecule has 0 aromatic carbocycles. The zero-order valence-electron chi connectivity index (χ0n) is 9.39. The van der Waals surface area contributed by atoms with E-state index in [9.17, 15) is 0 Å². The van der Waals surface area contributed by atoms with E-state index in [0.29, 0.717) is 26.2 Å². The van der Waals surface area contributed by atoms with Crippen LogP contribution in [0.2, 0.25) is 0 Å². The number of nitrogens with zero attached hydrogens (tertiary/aromatic N) is 3. The maximum Gasteiger partial charge on any atom is 4.00 e. The Hall–Kier alpha value is 0.0183. The largest absolute Gasteiger partial charge is 4.00 e. The van der Waals surface area contributed by atoms with Gasteiger partial charge in [0.15, 0.2) is 0 Å². The van der Waals surface area contributed by atoms with Gasteiger partial charge in [-0.05, 0) is 6.04 Å². The minimum atomic E-state index is 0.